The summed E-state index contributed by atoms with van der Waals surface area (Å²) in [6, 6.07) is 9.99. The fraction of sp³-hybridized carbons (Fsp3) is 0.0769. The monoisotopic (exact) mass is 264 g/mol. The largest absolute Gasteiger partial charge is 0.348 e. The Balaban J connectivity index is 2.03. The number of carbonyl (C=O) groups excluding carboxylic acids is 1. The minimum absolute atomic E-state index is 0.0699. The quantitative estimate of drug-likeness (QED) is 0.866. The number of halogens is 2. The van der Waals surface area contributed by atoms with Gasteiger partial charge in [-0.3, -0.25) is 4.79 Å². The van der Waals surface area contributed by atoms with E-state index in [1.807, 2.05) is 6.07 Å². The second kappa shape index (κ2) is 5.60. The fourth-order valence-electron chi connectivity index (χ4n) is 1.48. The van der Waals surface area contributed by atoms with E-state index in [9.17, 15) is 9.18 Å². The maximum Gasteiger partial charge on any atom is 0.256 e. The van der Waals surface area contributed by atoms with Gasteiger partial charge in [0.05, 0.1) is 5.56 Å². The number of nitrogens with zero attached hydrogens (tertiary/aromatic N) is 1. The van der Waals surface area contributed by atoms with Gasteiger partial charge in [0, 0.05) is 17.8 Å². The van der Waals surface area contributed by atoms with E-state index in [0.717, 1.165) is 5.56 Å². The van der Waals surface area contributed by atoms with Crippen LogP contribution in [0.2, 0.25) is 5.02 Å². The third-order valence-corrected chi connectivity index (χ3v) is 2.58. The zero-order valence-electron chi connectivity index (χ0n) is 9.36. The van der Waals surface area contributed by atoms with E-state index in [4.69, 9.17) is 11.6 Å². The number of carbonyl (C=O) groups is 1. The van der Waals surface area contributed by atoms with E-state index in [2.05, 4.69) is 10.3 Å². The topological polar surface area (TPSA) is 42.0 Å². The molecule has 1 aromatic heterocycles. The Morgan fingerprint density at radius 3 is 2.89 bits per heavy atom. The molecule has 92 valence electrons. The Hall–Kier alpha value is -1.94. The molecule has 1 aromatic carbocycles. The highest BCUT2D eigenvalue weighted by molar-refractivity contribution is 6.30. The molecule has 0 spiro atoms. The standard InChI is InChI=1S/C13H10ClFN2O/c14-10-4-1-3-9(7-10)8-17-13(18)11-5-2-6-16-12(11)15/h1-7H,8H2,(H,17,18). The lowest BCUT2D eigenvalue weighted by Gasteiger charge is -2.06. The van der Waals surface area contributed by atoms with Gasteiger partial charge in [-0.1, -0.05) is 23.7 Å². The predicted molar refractivity (Wildman–Crippen MR) is 66.8 cm³/mol. The normalized spacial score (nSPS) is 10.1. The van der Waals surface area contributed by atoms with Gasteiger partial charge in [0.15, 0.2) is 0 Å². The molecule has 0 saturated carbocycles. The Morgan fingerprint density at radius 2 is 2.17 bits per heavy atom. The summed E-state index contributed by atoms with van der Waals surface area (Å²) in [4.78, 5) is 15.1. The molecular weight excluding hydrogens is 255 g/mol. The molecule has 1 heterocycles. The van der Waals surface area contributed by atoms with Crippen molar-refractivity contribution in [2.24, 2.45) is 0 Å². The van der Waals surface area contributed by atoms with Gasteiger partial charge in [-0.15, -0.1) is 0 Å². The van der Waals surface area contributed by atoms with Crippen molar-refractivity contribution in [2.75, 3.05) is 0 Å². The van der Waals surface area contributed by atoms with Crippen LogP contribution in [0.25, 0.3) is 0 Å². The minimum Gasteiger partial charge on any atom is -0.348 e. The van der Waals surface area contributed by atoms with E-state index in [1.54, 1.807) is 18.2 Å². The molecule has 0 saturated heterocycles. The van der Waals surface area contributed by atoms with Crippen molar-refractivity contribution >= 4 is 17.5 Å². The van der Waals surface area contributed by atoms with Gasteiger partial charge in [0.1, 0.15) is 0 Å². The van der Waals surface area contributed by atoms with Crippen molar-refractivity contribution in [3.8, 4) is 0 Å². The predicted octanol–water partition coefficient (Wildman–Crippen LogP) is 2.80. The molecule has 18 heavy (non-hydrogen) atoms. The van der Waals surface area contributed by atoms with Crippen molar-refractivity contribution in [3.63, 3.8) is 0 Å². The van der Waals surface area contributed by atoms with Gasteiger partial charge in [0.25, 0.3) is 5.91 Å². The van der Waals surface area contributed by atoms with Crippen LogP contribution >= 0.6 is 11.6 Å². The summed E-state index contributed by atoms with van der Waals surface area (Å²) in [7, 11) is 0. The molecule has 0 fully saturated rings. The molecular formula is C13H10ClFN2O. The third-order valence-electron chi connectivity index (χ3n) is 2.35. The molecule has 0 bridgehead atoms. The third kappa shape index (κ3) is 3.05. The summed E-state index contributed by atoms with van der Waals surface area (Å²) in [6.07, 6.45) is 1.29. The summed E-state index contributed by atoms with van der Waals surface area (Å²) in [5.41, 5.74) is 0.777. The maximum absolute atomic E-state index is 13.2. The van der Waals surface area contributed by atoms with Crippen molar-refractivity contribution < 1.29 is 9.18 Å². The Morgan fingerprint density at radius 1 is 1.33 bits per heavy atom. The van der Waals surface area contributed by atoms with Crippen molar-refractivity contribution in [2.45, 2.75) is 6.54 Å². The number of pyridine rings is 1. The number of aromatic nitrogens is 1. The van der Waals surface area contributed by atoms with Gasteiger partial charge >= 0.3 is 0 Å². The average molecular weight is 265 g/mol. The number of hydrogen-bond donors (Lipinski definition) is 1. The lowest BCUT2D eigenvalue weighted by Crippen LogP contribution is -2.24. The first-order valence-electron chi connectivity index (χ1n) is 5.30. The molecule has 1 amide bonds. The summed E-state index contributed by atoms with van der Waals surface area (Å²) >= 11 is 5.82. The molecule has 0 atom stereocenters. The van der Waals surface area contributed by atoms with E-state index in [0.29, 0.717) is 5.02 Å². The Bertz CT molecular complexity index is 574. The van der Waals surface area contributed by atoms with E-state index in [1.165, 1.54) is 18.3 Å². The molecule has 0 radical (unpaired) electrons. The molecule has 0 aliphatic carbocycles. The fourth-order valence-corrected chi connectivity index (χ4v) is 1.69. The molecule has 0 unspecified atom stereocenters. The first-order chi connectivity index (χ1) is 8.66. The smallest absolute Gasteiger partial charge is 0.256 e. The van der Waals surface area contributed by atoms with E-state index in [-0.39, 0.29) is 12.1 Å². The van der Waals surface area contributed by atoms with Gasteiger partial charge in [-0.25, -0.2) is 4.98 Å². The number of amides is 1. The molecule has 5 heteroatoms. The molecule has 0 aliphatic heterocycles. The highest BCUT2D eigenvalue weighted by atomic mass is 35.5. The van der Waals surface area contributed by atoms with Gasteiger partial charge in [-0.05, 0) is 29.8 Å². The zero-order chi connectivity index (χ0) is 13.0. The highest BCUT2D eigenvalue weighted by Crippen LogP contribution is 2.10. The lowest BCUT2D eigenvalue weighted by atomic mass is 10.2. The minimum atomic E-state index is -0.777. The van der Waals surface area contributed by atoms with Crippen LogP contribution in [0, 0.1) is 5.95 Å². The SMILES string of the molecule is O=C(NCc1cccc(Cl)c1)c1cccnc1F. The van der Waals surface area contributed by atoms with E-state index >= 15 is 0 Å². The second-order valence-corrected chi connectivity index (χ2v) is 4.09. The van der Waals surface area contributed by atoms with Gasteiger partial charge < -0.3 is 5.32 Å². The first-order valence-corrected chi connectivity index (χ1v) is 5.68. The Kier molecular flexibility index (Phi) is 3.89. The molecule has 0 aliphatic rings. The maximum atomic E-state index is 13.2. The second-order valence-electron chi connectivity index (χ2n) is 3.65. The zero-order valence-corrected chi connectivity index (χ0v) is 10.1. The van der Waals surface area contributed by atoms with Gasteiger partial charge in [-0.2, -0.15) is 4.39 Å². The van der Waals surface area contributed by atoms with Crippen LogP contribution in [-0.4, -0.2) is 10.9 Å². The van der Waals surface area contributed by atoms with Crippen LogP contribution < -0.4 is 5.32 Å². The first kappa shape index (κ1) is 12.5. The van der Waals surface area contributed by atoms with Crippen LogP contribution in [0.4, 0.5) is 4.39 Å². The Labute approximate surface area is 109 Å². The van der Waals surface area contributed by atoms with Crippen molar-refractivity contribution in [1.82, 2.24) is 10.3 Å². The number of hydrogen-bond acceptors (Lipinski definition) is 2. The van der Waals surface area contributed by atoms with Crippen LogP contribution in [0.15, 0.2) is 42.6 Å². The number of rotatable bonds is 3. The number of nitrogens with one attached hydrogen (secondary N) is 1. The summed E-state index contributed by atoms with van der Waals surface area (Å²) in [6.45, 7) is 0.285. The number of benzene rings is 1. The van der Waals surface area contributed by atoms with Gasteiger partial charge in [0.2, 0.25) is 5.95 Å². The van der Waals surface area contributed by atoms with Crippen LogP contribution in [-0.2, 0) is 6.54 Å². The van der Waals surface area contributed by atoms with Crippen LogP contribution in [0.1, 0.15) is 15.9 Å². The average Bonchev–Trinajstić information content (AvgIpc) is 2.37. The summed E-state index contributed by atoms with van der Waals surface area (Å²) < 4.78 is 13.2. The van der Waals surface area contributed by atoms with Crippen molar-refractivity contribution in [3.05, 3.63) is 64.7 Å². The van der Waals surface area contributed by atoms with E-state index < -0.39 is 11.9 Å². The highest BCUT2D eigenvalue weighted by Gasteiger charge is 2.11. The van der Waals surface area contributed by atoms with Crippen LogP contribution in [0.5, 0.6) is 0 Å². The molecule has 2 rings (SSSR count). The lowest BCUT2D eigenvalue weighted by molar-refractivity contribution is 0.0946. The summed E-state index contributed by atoms with van der Waals surface area (Å²) in [5, 5.41) is 3.20. The molecule has 2 aromatic rings. The van der Waals surface area contributed by atoms with Crippen molar-refractivity contribution in [1.29, 1.82) is 0 Å². The molecule has 3 nitrogen and oxygen atoms in total. The summed E-state index contributed by atoms with van der Waals surface area (Å²) in [5.74, 6) is -1.28. The molecule has 1 N–H and O–H groups in total. The van der Waals surface area contributed by atoms with Crippen LogP contribution in [0.3, 0.4) is 0 Å².